The van der Waals surface area contributed by atoms with E-state index < -0.39 is 0 Å². The highest BCUT2D eigenvalue weighted by Gasteiger charge is 2.13. The number of H-pyrrole nitrogens is 1. The first-order chi connectivity index (χ1) is 8.81. The Hall–Kier alpha value is -1.83. The van der Waals surface area contributed by atoms with E-state index in [-0.39, 0.29) is 5.91 Å². The Morgan fingerprint density at radius 3 is 3.17 bits per heavy atom. The number of aryl methyl sites for hydroxylation is 2. The summed E-state index contributed by atoms with van der Waals surface area (Å²) in [6.07, 6.45) is 3.78. The molecule has 2 rings (SSSR count). The molecule has 0 radical (unpaired) electrons. The minimum Gasteiger partial charge on any atom is -0.351 e. The van der Waals surface area contributed by atoms with Crippen molar-refractivity contribution in [3.8, 4) is 0 Å². The van der Waals surface area contributed by atoms with Gasteiger partial charge >= 0.3 is 0 Å². The number of hydrogen-bond donors (Lipinski definition) is 2. The first kappa shape index (κ1) is 12.6. The van der Waals surface area contributed by atoms with Gasteiger partial charge in [-0.1, -0.05) is 11.4 Å². The summed E-state index contributed by atoms with van der Waals surface area (Å²) in [5.41, 5.74) is 0.757. The van der Waals surface area contributed by atoms with Crippen molar-refractivity contribution in [1.29, 1.82) is 0 Å². The zero-order valence-electron chi connectivity index (χ0n) is 10.0. The van der Waals surface area contributed by atoms with Crippen molar-refractivity contribution in [2.45, 2.75) is 26.2 Å². The van der Waals surface area contributed by atoms with Gasteiger partial charge < -0.3 is 5.32 Å². The van der Waals surface area contributed by atoms with Crippen molar-refractivity contribution in [2.24, 2.45) is 0 Å². The van der Waals surface area contributed by atoms with Crippen LogP contribution in [0.25, 0.3) is 0 Å². The van der Waals surface area contributed by atoms with Gasteiger partial charge in [-0.3, -0.25) is 9.89 Å². The van der Waals surface area contributed by atoms with Gasteiger partial charge in [0.2, 0.25) is 0 Å². The quantitative estimate of drug-likeness (QED) is 0.746. The maximum absolute atomic E-state index is 11.8. The van der Waals surface area contributed by atoms with E-state index in [4.69, 9.17) is 0 Å². The molecule has 2 aromatic rings. The summed E-state index contributed by atoms with van der Waals surface area (Å²) < 4.78 is 3.79. The molecule has 7 nitrogen and oxygen atoms in total. The number of aromatic nitrogens is 5. The molecular weight excluding hydrogens is 252 g/mol. The Morgan fingerprint density at radius 1 is 1.56 bits per heavy atom. The molecule has 0 atom stereocenters. The highest BCUT2D eigenvalue weighted by atomic mass is 32.1. The first-order valence-electron chi connectivity index (χ1n) is 5.75. The monoisotopic (exact) mass is 266 g/mol. The van der Waals surface area contributed by atoms with Gasteiger partial charge in [0, 0.05) is 13.0 Å². The molecule has 2 heterocycles. The van der Waals surface area contributed by atoms with Gasteiger partial charge in [-0.25, -0.2) is 4.98 Å². The van der Waals surface area contributed by atoms with Crippen LogP contribution in [0.15, 0.2) is 6.33 Å². The van der Waals surface area contributed by atoms with Crippen LogP contribution in [-0.4, -0.2) is 37.2 Å². The average molecular weight is 266 g/mol. The molecule has 2 aromatic heterocycles. The Kier molecular flexibility index (Phi) is 4.35. The molecule has 96 valence electrons. The lowest BCUT2D eigenvalue weighted by Crippen LogP contribution is -2.25. The average Bonchev–Trinajstić information content (AvgIpc) is 3.04. The molecule has 0 aliphatic rings. The molecule has 0 fully saturated rings. The molecule has 0 aliphatic heterocycles. The van der Waals surface area contributed by atoms with Gasteiger partial charge in [-0.05, 0) is 24.4 Å². The lowest BCUT2D eigenvalue weighted by Gasteiger charge is -2.02. The molecule has 0 aromatic carbocycles. The third-order valence-corrected chi connectivity index (χ3v) is 3.20. The largest absolute Gasteiger partial charge is 0.351 e. The van der Waals surface area contributed by atoms with Crippen LogP contribution in [0.5, 0.6) is 0 Å². The molecular formula is C10H14N6OS. The highest BCUT2D eigenvalue weighted by Crippen LogP contribution is 2.10. The van der Waals surface area contributed by atoms with Gasteiger partial charge in [0.15, 0.2) is 0 Å². The fourth-order valence-electron chi connectivity index (χ4n) is 1.50. The summed E-state index contributed by atoms with van der Waals surface area (Å²) in [5.74, 6) is 0.734. The van der Waals surface area contributed by atoms with Gasteiger partial charge in [0.1, 0.15) is 17.0 Å². The molecule has 2 N–H and O–H groups in total. The second-order valence-corrected chi connectivity index (χ2v) is 4.45. The number of carbonyl (C=O) groups is 1. The van der Waals surface area contributed by atoms with Gasteiger partial charge in [-0.2, -0.15) is 5.10 Å². The Morgan fingerprint density at radius 2 is 2.44 bits per heavy atom. The summed E-state index contributed by atoms with van der Waals surface area (Å²) in [6.45, 7) is 2.55. The fourth-order valence-corrected chi connectivity index (χ4v) is 2.17. The second-order valence-electron chi connectivity index (χ2n) is 3.69. The van der Waals surface area contributed by atoms with E-state index in [2.05, 4.69) is 30.1 Å². The Labute approximate surface area is 108 Å². The van der Waals surface area contributed by atoms with E-state index in [0.717, 1.165) is 42.3 Å². The standard InChI is InChI=1S/C10H14N6OS/c1-2-7-9(18-16-14-7)10(17)11-5-3-4-8-12-6-13-15-8/h6H,2-5H2,1H3,(H,11,17)(H,12,13,15). The van der Waals surface area contributed by atoms with Crippen LogP contribution < -0.4 is 5.32 Å². The predicted molar refractivity (Wildman–Crippen MR) is 66.3 cm³/mol. The van der Waals surface area contributed by atoms with Crippen molar-refractivity contribution in [3.05, 3.63) is 22.7 Å². The third kappa shape index (κ3) is 3.10. The smallest absolute Gasteiger partial charge is 0.264 e. The van der Waals surface area contributed by atoms with Crippen LogP contribution >= 0.6 is 11.5 Å². The summed E-state index contributed by atoms with van der Waals surface area (Å²) in [4.78, 5) is 16.5. The van der Waals surface area contributed by atoms with E-state index >= 15 is 0 Å². The van der Waals surface area contributed by atoms with Gasteiger partial charge in [0.25, 0.3) is 5.91 Å². The number of rotatable bonds is 6. The predicted octanol–water partition coefficient (Wildman–Crippen LogP) is 0.581. The molecule has 0 saturated carbocycles. The van der Waals surface area contributed by atoms with Crippen LogP contribution in [0.1, 0.15) is 34.5 Å². The SMILES string of the molecule is CCc1nnsc1C(=O)NCCCc1ncn[nH]1. The van der Waals surface area contributed by atoms with Gasteiger partial charge in [-0.15, -0.1) is 5.10 Å². The van der Waals surface area contributed by atoms with E-state index in [1.807, 2.05) is 6.92 Å². The summed E-state index contributed by atoms with van der Waals surface area (Å²) >= 11 is 1.14. The van der Waals surface area contributed by atoms with Crippen LogP contribution in [0.2, 0.25) is 0 Å². The lowest BCUT2D eigenvalue weighted by atomic mass is 10.2. The van der Waals surface area contributed by atoms with Crippen LogP contribution in [0, 0.1) is 0 Å². The van der Waals surface area contributed by atoms with Crippen molar-refractivity contribution >= 4 is 17.4 Å². The lowest BCUT2D eigenvalue weighted by molar-refractivity contribution is 0.0956. The summed E-state index contributed by atoms with van der Waals surface area (Å²) in [6, 6.07) is 0. The fraction of sp³-hybridized carbons (Fsp3) is 0.500. The van der Waals surface area contributed by atoms with E-state index in [0.29, 0.717) is 11.4 Å². The Bertz CT molecular complexity index is 494. The number of aromatic amines is 1. The minimum absolute atomic E-state index is 0.0978. The maximum Gasteiger partial charge on any atom is 0.264 e. The van der Waals surface area contributed by atoms with Gasteiger partial charge in [0.05, 0.1) is 5.69 Å². The molecule has 18 heavy (non-hydrogen) atoms. The zero-order valence-corrected chi connectivity index (χ0v) is 10.8. The van der Waals surface area contributed by atoms with Crippen molar-refractivity contribution < 1.29 is 4.79 Å². The molecule has 8 heteroatoms. The second kappa shape index (κ2) is 6.20. The van der Waals surface area contributed by atoms with E-state index in [1.165, 1.54) is 6.33 Å². The van der Waals surface area contributed by atoms with Crippen molar-refractivity contribution in [3.63, 3.8) is 0 Å². The highest BCUT2D eigenvalue weighted by molar-refractivity contribution is 7.08. The molecule has 0 saturated heterocycles. The van der Waals surface area contributed by atoms with Crippen molar-refractivity contribution in [1.82, 2.24) is 30.1 Å². The topological polar surface area (TPSA) is 96.5 Å². The maximum atomic E-state index is 11.8. The van der Waals surface area contributed by atoms with E-state index in [9.17, 15) is 4.79 Å². The molecule has 0 spiro atoms. The first-order valence-corrected chi connectivity index (χ1v) is 6.52. The number of carbonyl (C=O) groups excluding carboxylic acids is 1. The molecule has 0 aliphatic carbocycles. The van der Waals surface area contributed by atoms with Crippen LogP contribution in [-0.2, 0) is 12.8 Å². The minimum atomic E-state index is -0.0978. The number of amides is 1. The summed E-state index contributed by atoms with van der Waals surface area (Å²) in [5, 5.41) is 13.3. The number of nitrogens with one attached hydrogen (secondary N) is 2. The number of nitrogens with zero attached hydrogens (tertiary/aromatic N) is 4. The molecule has 1 amide bonds. The van der Waals surface area contributed by atoms with Crippen LogP contribution in [0.4, 0.5) is 0 Å². The number of hydrogen-bond acceptors (Lipinski definition) is 6. The third-order valence-electron chi connectivity index (χ3n) is 2.44. The zero-order chi connectivity index (χ0) is 12.8. The van der Waals surface area contributed by atoms with Crippen molar-refractivity contribution in [2.75, 3.05) is 6.54 Å². The molecule has 0 unspecified atom stereocenters. The van der Waals surface area contributed by atoms with Crippen LogP contribution in [0.3, 0.4) is 0 Å². The summed E-state index contributed by atoms with van der Waals surface area (Å²) in [7, 11) is 0. The normalized spacial score (nSPS) is 10.5. The Balaban J connectivity index is 1.75. The molecule has 0 bridgehead atoms. The van der Waals surface area contributed by atoms with E-state index in [1.54, 1.807) is 0 Å².